The van der Waals surface area contributed by atoms with Gasteiger partial charge in [0.2, 0.25) is 0 Å². The summed E-state index contributed by atoms with van der Waals surface area (Å²) in [5.41, 5.74) is 7.25. The van der Waals surface area contributed by atoms with Gasteiger partial charge in [-0.1, -0.05) is 6.07 Å². The SMILES string of the molecule is Nc1ccc(Br)c(S(=O)(=O)N2CCc3ccc(F)cc32)c1. The summed E-state index contributed by atoms with van der Waals surface area (Å²) in [4.78, 5) is 0.0830. The Morgan fingerprint density at radius 2 is 1.95 bits per heavy atom. The van der Waals surface area contributed by atoms with Crippen molar-refractivity contribution in [3.05, 3.63) is 52.3 Å². The molecule has 21 heavy (non-hydrogen) atoms. The van der Waals surface area contributed by atoms with Gasteiger partial charge in [0.15, 0.2) is 0 Å². The molecule has 4 nitrogen and oxygen atoms in total. The number of anilines is 2. The zero-order valence-electron chi connectivity index (χ0n) is 10.9. The highest BCUT2D eigenvalue weighted by Crippen LogP contribution is 2.36. The van der Waals surface area contributed by atoms with Crippen molar-refractivity contribution in [1.82, 2.24) is 0 Å². The van der Waals surface area contributed by atoms with E-state index in [1.165, 1.54) is 22.5 Å². The molecule has 2 aromatic rings. The lowest BCUT2D eigenvalue weighted by molar-refractivity contribution is 0.591. The average molecular weight is 371 g/mol. The molecular weight excluding hydrogens is 359 g/mol. The molecule has 1 heterocycles. The number of nitrogens with two attached hydrogens (primary N) is 1. The molecule has 0 aromatic heterocycles. The zero-order valence-corrected chi connectivity index (χ0v) is 13.3. The Kier molecular flexibility index (Phi) is 3.41. The molecule has 0 aliphatic carbocycles. The van der Waals surface area contributed by atoms with E-state index in [9.17, 15) is 12.8 Å². The molecule has 3 rings (SSSR count). The van der Waals surface area contributed by atoms with E-state index in [1.54, 1.807) is 18.2 Å². The number of fused-ring (bicyclic) bond motifs is 1. The number of benzene rings is 2. The van der Waals surface area contributed by atoms with Crippen LogP contribution in [0.4, 0.5) is 15.8 Å². The van der Waals surface area contributed by atoms with Gasteiger partial charge in [-0.2, -0.15) is 0 Å². The van der Waals surface area contributed by atoms with E-state index in [0.717, 1.165) is 5.56 Å². The lowest BCUT2D eigenvalue weighted by atomic mass is 10.2. The molecule has 110 valence electrons. The standard InChI is InChI=1S/C14H12BrFN2O2S/c15-12-4-3-11(17)8-14(12)21(19,20)18-6-5-9-1-2-10(16)7-13(9)18/h1-4,7-8H,5-6,17H2. The number of rotatable bonds is 2. The fraction of sp³-hybridized carbons (Fsp3) is 0.143. The molecule has 2 aromatic carbocycles. The summed E-state index contributed by atoms with van der Waals surface area (Å²) in [5.74, 6) is -0.456. The van der Waals surface area contributed by atoms with Crippen LogP contribution in [0, 0.1) is 5.82 Å². The van der Waals surface area contributed by atoms with Crippen molar-refractivity contribution in [2.75, 3.05) is 16.6 Å². The van der Waals surface area contributed by atoms with Crippen molar-refractivity contribution in [2.45, 2.75) is 11.3 Å². The molecule has 2 N–H and O–H groups in total. The van der Waals surface area contributed by atoms with E-state index in [1.807, 2.05) is 0 Å². The van der Waals surface area contributed by atoms with Crippen molar-refractivity contribution in [2.24, 2.45) is 0 Å². The molecule has 0 unspecified atom stereocenters. The van der Waals surface area contributed by atoms with E-state index in [4.69, 9.17) is 5.73 Å². The van der Waals surface area contributed by atoms with Gasteiger partial charge in [0.25, 0.3) is 10.0 Å². The molecule has 1 aliphatic heterocycles. The fourth-order valence-corrected chi connectivity index (χ4v) is 4.87. The van der Waals surface area contributed by atoms with Crippen LogP contribution in [-0.4, -0.2) is 15.0 Å². The first kappa shape index (κ1) is 14.3. The maximum atomic E-state index is 13.4. The second kappa shape index (κ2) is 4.99. The molecular formula is C14H12BrFN2O2S. The largest absolute Gasteiger partial charge is 0.399 e. The molecule has 0 amide bonds. The first-order chi connectivity index (χ1) is 9.89. The van der Waals surface area contributed by atoms with E-state index in [-0.39, 0.29) is 4.90 Å². The van der Waals surface area contributed by atoms with Crippen LogP contribution in [0.3, 0.4) is 0 Å². The van der Waals surface area contributed by atoms with Crippen molar-refractivity contribution in [3.63, 3.8) is 0 Å². The van der Waals surface area contributed by atoms with Crippen LogP contribution in [0.5, 0.6) is 0 Å². The first-order valence-electron chi connectivity index (χ1n) is 6.26. The molecule has 0 saturated heterocycles. The summed E-state index contributed by atoms with van der Waals surface area (Å²) in [7, 11) is -3.78. The quantitative estimate of drug-likeness (QED) is 0.826. The Bertz CT molecular complexity index is 824. The molecule has 0 atom stereocenters. The van der Waals surface area contributed by atoms with Crippen LogP contribution in [0.2, 0.25) is 0 Å². The maximum Gasteiger partial charge on any atom is 0.265 e. The van der Waals surface area contributed by atoms with Gasteiger partial charge in [-0.3, -0.25) is 4.31 Å². The number of halogens is 2. The molecule has 7 heteroatoms. The summed E-state index contributed by atoms with van der Waals surface area (Å²) in [6.45, 7) is 0.294. The Hall–Kier alpha value is -1.60. The molecule has 0 fully saturated rings. The van der Waals surface area contributed by atoms with Gasteiger partial charge in [-0.25, -0.2) is 12.8 Å². The van der Waals surface area contributed by atoms with Crippen LogP contribution in [0.15, 0.2) is 45.8 Å². The van der Waals surface area contributed by atoms with E-state index < -0.39 is 15.8 Å². The maximum absolute atomic E-state index is 13.4. The van der Waals surface area contributed by atoms with Crippen LogP contribution in [0.25, 0.3) is 0 Å². The van der Waals surface area contributed by atoms with Gasteiger partial charge in [0, 0.05) is 16.7 Å². The Morgan fingerprint density at radius 1 is 1.19 bits per heavy atom. The van der Waals surface area contributed by atoms with Gasteiger partial charge < -0.3 is 5.73 Å². The summed E-state index contributed by atoms with van der Waals surface area (Å²) in [5, 5.41) is 0. The highest BCUT2D eigenvalue weighted by Gasteiger charge is 2.32. The highest BCUT2D eigenvalue weighted by molar-refractivity contribution is 9.10. The van der Waals surface area contributed by atoms with Crippen molar-refractivity contribution in [1.29, 1.82) is 0 Å². The Morgan fingerprint density at radius 3 is 2.71 bits per heavy atom. The minimum absolute atomic E-state index is 0.0830. The van der Waals surface area contributed by atoms with Crippen LogP contribution >= 0.6 is 15.9 Å². The van der Waals surface area contributed by atoms with Gasteiger partial charge >= 0.3 is 0 Å². The summed E-state index contributed by atoms with van der Waals surface area (Å²) >= 11 is 3.23. The second-order valence-corrected chi connectivity index (χ2v) is 7.48. The number of hydrogen-bond acceptors (Lipinski definition) is 3. The topological polar surface area (TPSA) is 63.4 Å². The molecule has 0 bridgehead atoms. The number of nitrogen functional groups attached to an aromatic ring is 1. The predicted octanol–water partition coefficient (Wildman–Crippen LogP) is 2.92. The van der Waals surface area contributed by atoms with Gasteiger partial charge in [-0.05, 0) is 58.2 Å². The number of sulfonamides is 1. The third-order valence-corrected chi connectivity index (χ3v) is 6.23. The van der Waals surface area contributed by atoms with Gasteiger partial charge in [0.1, 0.15) is 10.7 Å². The second-order valence-electron chi connectivity index (χ2n) is 4.79. The van der Waals surface area contributed by atoms with Crippen molar-refractivity contribution < 1.29 is 12.8 Å². The smallest absolute Gasteiger partial charge is 0.265 e. The summed E-state index contributed by atoms with van der Waals surface area (Å²) in [6, 6.07) is 8.81. The number of nitrogens with zero attached hydrogens (tertiary/aromatic N) is 1. The number of hydrogen-bond donors (Lipinski definition) is 1. The lowest BCUT2D eigenvalue weighted by Gasteiger charge is -2.20. The molecule has 1 aliphatic rings. The van der Waals surface area contributed by atoms with Gasteiger partial charge in [-0.15, -0.1) is 0 Å². The van der Waals surface area contributed by atoms with Crippen molar-refractivity contribution in [3.8, 4) is 0 Å². The predicted molar refractivity (Wildman–Crippen MR) is 83.2 cm³/mol. The Labute approximate surface area is 130 Å². The van der Waals surface area contributed by atoms with Crippen molar-refractivity contribution >= 4 is 37.3 Å². The van der Waals surface area contributed by atoms with E-state index >= 15 is 0 Å². The molecule has 0 radical (unpaired) electrons. The third-order valence-electron chi connectivity index (χ3n) is 3.42. The monoisotopic (exact) mass is 370 g/mol. The Balaban J connectivity index is 2.13. The van der Waals surface area contributed by atoms with Crippen LogP contribution < -0.4 is 10.0 Å². The minimum Gasteiger partial charge on any atom is -0.399 e. The normalized spacial score (nSPS) is 14.3. The average Bonchev–Trinajstić information content (AvgIpc) is 2.85. The zero-order chi connectivity index (χ0) is 15.2. The lowest BCUT2D eigenvalue weighted by Crippen LogP contribution is -2.29. The van der Waals surface area contributed by atoms with E-state index in [0.29, 0.717) is 28.8 Å². The van der Waals surface area contributed by atoms with Crippen LogP contribution in [-0.2, 0) is 16.4 Å². The molecule has 0 spiro atoms. The van der Waals surface area contributed by atoms with E-state index in [2.05, 4.69) is 15.9 Å². The summed E-state index contributed by atoms with van der Waals surface area (Å²) in [6.07, 6.45) is 0.564. The highest BCUT2D eigenvalue weighted by atomic mass is 79.9. The summed E-state index contributed by atoms with van der Waals surface area (Å²) < 4.78 is 40.7. The third kappa shape index (κ3) is 2.40. The first-order valence-corrected chi connectivity index (χ1v) is 8.49. The van der Waals surface area contributed by atoms with Crippen LogP contribution in [0.1, 0.15) is 5.56 Å². The molecule has 0 saturated carbocycles. The van der Waals surface area contributed by atoms with Gasteiger partial charge in [0.05, 0.1) is 5.69 Å². The fourth-order valence-electron chi connectivity index (χ4n) is 2.41. The minimum atomic E-state index is -3.78.